The minimum atomic E-state index is 0. The van der Waals surface area contributed by atoms with E-state index in [2.05, 4.69) is 87.5 Å². The lowest BCUT2D eigenvalue weighted by molar-refractivity contribution is 0.310. The minimum absolute atomic E-state index is 0. The number of ether oxygens (including phenoxy) is 1. The Morgan fingerprint density at radius 1 is 0.771 bits per heavy atom. The number of nitrogens with zero attached hydrogens (tertiary/aromatic N) is 3. The van der Waals surface area contributed by atoms with Crippen LogP contribution in [0.1, 0.15) is 30.4 Å². The highest BCUT2D eigenvalue weighted by Crippen LogP contribution is 2.42. The molecule has 3 aliphatic heterocycles. The highest BCUT2D eigenvalue weighted by atomic mass is 35.5. The number of hydrogen-bond donors (Lipinski definition) is 0. The molecule has 0 aliphatic carbocycles. The fourth-order valence-electron chi connectivity index (χ4n) is 5.69. The molecule has 0 bridgehead atoms. The Hall–Kier alpha value is -2.40. The van der Waals surface area contributed by atoms with Gasteiger partial charge in [-0.25, -0.2) is 0 Å². The SMILES string of the molecule is Cl.Cl.c1ccc2c(c1)COc1ccccc1N2C1CCN(CCc2ccc(N3CCCC3)cc2)C1. The summed E-state index contributed by atoms with van der Waals surface area (Å²) < 4.78 is 6.18. The fourth-order valence-corrected chi connectivity index (χ4v) is 5.69. The van der Waals surface area contributed by atoms with Crippen molar-refractivity contribution in [3.63, 3.8) is 0 Å². The standard InChI is InChI=1S/C29H33N3O.2ClH/c1-2-8-27-24(7-1)22-33-29-10-4-3-9-28(29)32(27)26-16-20-30(21-26)19-15-23-11-13-25(14-12-23)31-17-5-6-18-31;;/h1-4,7-14,26H,5-6,15-22H2;2*1H. The van der Waals surface area contributed by atoms with Crippen LogP contribution < -0.4 is 14.5 Å². The molecule has 0 aromatic heterocycles. The maximum absolute atomic E-state index is 6.18. The summed E-state index contributed by atoms with van der Waals surface area (Å²) in [6.45, 7) is 6.41. The smallest absolute Gasteiger partial charge is 0.143 e. The molecule has 6 rings (SSSR count). The molecule has 35 heavy (non-hydrogen) atoms. The Morgan fingerprint density at radius 3 is 2.29 bits per heavy atom. The van der Waals surface area contributed by atoms with E-state index < -0.39 is 0 Å². The molecule has 3 aromatic carbocycles. The first-order valence-electron chi connectivity index (χ1n) is 12.5. The summed E-state index contributed by atoms with van der Waals surface area (Å²) in [5.74, 6) is 0.991. The Labute approximate surface area is 221 Å². The zero-order valence-electron chi connectivity index (χ0n) is 20.1. The summed E-state index contributed by atoms with van der Waals surface area (Å²) in [4.78, 5) is 7.69. The molecule has 2 fully saturated rings. The molecule has 0 radical (unpaired) electrons. The molecule has 3 aliphatic rings. The topological polar surface area (TPSA) is 19.0 Å². The van der Waals surface area contributed by atoms with E-state index in [0.29, 0.717) is 12.6 Å². The third-order valence-electron chi connectivity index (χ3n) is 7.50. The van der Waals surface area contributed by atoms with Gasteiger partial charge in [0.2, 0.25) is 0 Å². The number of rotatable bonds is 5. The van der Waals surface area contributed by atoms with Crippen molar-refractivity contribution in [2.45, 2.75) is 38.3 Å². The zero-order chi connectivity index (χ0) is 22.0. The van der Waals surface area contributed by atoms with Crippen LogP contribution in [0.2, 0.25) is 0 Å². The van der Waals surface area contributed by atoms with Crippen LogP contribution in [0.25, 0.3) is 0 Å². The van der Waals surface area contributed by atoms with Gasteiger partial charge >= 0.3 is 0 Å². The van der Waals surface area contributed by atoms with E-state index in [-0.39, 0.29) is 24.8 Å². The lowest BCUT2D eigenvalue weighted by Crippen LogP contribution is -2.35. The summed E-state index contributed by atoms with van der Waals surface area (Å²) in [7, 11) is 0. The fraction of sp³-hybridized carbons (Fsp3) is 0.379. The first-order valence-corrected chi connectivity index (χ1v) is 12.5. The van der Waals surface area contributed by atoms with Crippen molar-refractivity contribution in [2.75, 3.05) is 42.5 Å². The summed E-state index contributed by atoms with van der Waals surface area (Å²) in [5, 5.41) is 0. The van der Waals surface area contributed by atoms with Gasteiger partial charge in [-0.05, 0) is 61.6 Å². The van der Waals surface area contributed by atoms with E-state index in [1.54, 1.807) is 0 Å². The molecular weight excluding hydrogens is 477 g/mol. The summed E-state index contributed by atoms with van der Waals surface area (Å²) in [6, 6.07) is 27.0. The zero-order valence-corrected chi connectivity index (χ0v) is 21.8. The van der Waals surface area contributed by atoms with Gasteiger partial charge in [0.1, 0.15) is 12.4 Å². The van der Waals surface area contributed by atoms with E-state index in [9.17, 15) is 0 Å². The third-order valence-corrected chi connectivity index (χ3v) is 7.50. The molecule has 3 heterocycles. The predicted octanol–water partition coefficient (Wildman–Crippen LogP) is 6.48. The maximum atomic E-state index is 6.18. The second-order valence-electron chi connectivity index (χ2n) is 9.61. The van der Waals surface area contributed by atoms with E-state index in [0.717, 1.165) is 31.8 Å². The lowest BCUT2D eigenvalue weighted by atomic mass is 10.1. The van der Waals surface area contributed by atoms with E-state index in [4.69, 9.17) is 4.74 Å². The van der Waals surface area contributed by atoms with Crippen LogP contribution in [0.5, 0.6) is 5.75 Å². The number of anilines is 3. The van der Waals surface area contributed by atoms with Crippen molar-refractivity contribution in [2.24, 2.45) is 0 Å². The second-order valence-corrected chi connectivity index (χ2v) is 9.61. The Morgan fingerprint density at radius 2 is 1.49 bits per heavy atom. The molecule has 0 N–H and O–H groups in total. The molecule has 1 atom stereocenters. The molecule has 0 spiro atoms. The normalized spacial score (nSPS) is 19.1. The van der Waals surface area contributed by atoms with Gasteiger partial charge in [0, 0.05) is 55.7 Å². The van der Waals surface area contributed by atoms with Gasteiger partial charge in [-0.3, -0.25) is 0 Å². The average Bonchev–Trinajstić information content (AvgIpc) is 3.53. The third kappa shape index (κ3) is 5.40. The number of para-hydroxylation sites is 3. The van der Waals surface area contributed by atoms with Crippen molar-refractivity contribution in [1.29, 1.82) is 0 Å². The Bertz CT molecular complexity index is 1050. The highest BCUT2D eigenvalue weighted by molar-refractivity contribution is 5.85. The van der Waals surface area contributed by atoms with Crippen molar-refractivity contribution >= 4 is 41.9 Å². The van der Waals surface area contributed by atoms with Crippen LogP contribution in [0.3, 0.4) is 0 Å². The molecule has 6 heteroatoms. The van der Waals surface area contributed by atoms with Crippen LogP contribution in [0.15, 0.2) is 72.8 Å². The minimum Gasteiger partial charge on any atom is -0.487 e. The molecule has 186 valence electrons. The summed E-state index contributed by atoms with van der Waals surface area (Å²) in [5.41, 5.74) is 6.60. The first-order chi connectivity index (χ1) is 16.3. The number of fused-ring (bicyclic) bond motifs is 2. The first kappa shape index (κ1) is 25.7. The van der Waals surface area contributed by atoms with Gasteiger partial charge in [-0.15, -0.1) is 24.8 Å². The van der Waals surface area contributed by atoms with Gasteiger partial charge in [0.25, 0.3) is 0 Å². The van der Waals surface area contributed by atoms with Crippen molar-refractivity contribution in [3.8, 4) is 5.75 Å². The molecular formula is C29H35Cl2N3O. The van der Waals surface area contributed by atoms with Crippen molar-refractivity contribution in [3.05, 3.63) is 83.9 Å². The number of benzene rings is 3. The number of hydrogen-bond acceptors (Lipinski definition) is 4. The van der Waals surface area contributed by atoms with Gasteiger partial charge < -0.3 is 19.4 Å². The van der Waals surface area contributed by atoms with Gasteiger partial charge in [0.05, 0.1) is 5.69 Å². The van der Waals surface area contributed by atoms with E-state index in [1.165, 1.54) is 60.5 Å². The quantitative estimate of drug-likeness (QED) is 0.390. The van der Waals surface area contributed by atoms with Crippen LogP contribution >= 0.6 is 24.8 Å². The number of halogens is 2. The van der Waals surface area contributed by atoms with Crippen LogP contribution in [-0.2, 0) is 13.0 Å². The van der Waals surface area contributed by atoms with Crippen LogP contribution in [-0.4, -0.2) is 43.7 Å². The molecule has 4 nitrogen and oxygen atoms in total. The molecule has 3 aromatic rings. The van der Waals surface area contributed by atoms with E-state index in [1.807, 2.05) is 0 Å². The summed E-state index contributed by atoms with van der Waals surface area (Å²) in [6.07, 6.45) is 4.95. The maximum Gasteiger partial charge on any atom is 0.143 e. The van der Waals surface area contributed by atoms with Gasteiger partial charge in [0.15, 0.2) is 0 Å². The molecule has 0 amide bonds. The van der Waals surface area contributed by atoms with Crippen molar-refractivity contribution < 1.29 is 4.74 Å². The van der Waals surface area contributed by atoms with Gasteiger partial charge in [-0.1, -0.05) is 42.5 Å². The molecule has 1 unspecified atom stereocenters. The average molecular weight is 513 g/mol. The second kappa shape index (κ2) is 11.6. The largest absolute Gasteiger partial charge is 0.487 e. The van der Waals surface area contributed by atoms with Gasteiger partial charge in [-0.2, -0.15) is 0 Å². The summed E-state index contributed by atoms with van der Waals surface area (Å²) >= 11 is 0. The predicted molar refractivity (Wildman–Crippen MR) is 150 cm³/mol. The van der Waals surface area contributed by atoms with Crippen LogP contribution in [0.4, 0.5) is 17.1 Å². The lowest BCUT2D eigenvalue weighted by Gasteiger charge is -2.32. The molecule has 0 saturated carbocycles. The number of likely N-dealkylation sites (tertiary alicyclic amines) is 1. The Balaban J connectivity index is 0.00000144. The highest BCUT2D eigenvalue weighted by Gasteiger charge is 2.32. The Kier molecular flexibility index (Phi) is 8.48. The monoisotopic (exact) mass is 511 g/mol. The van der Waals surface area contributed by atoms with E-state index >= 15 is 0 Å². The van der Waals surface area contributed by atoms with Crippen molar-refractivity contribution in [1.82, 2.24) is 4.90 Å². The molecule has 2 saturated heterocycles. The van der Waals surface area contributed by atoms with Crippen LogP contribution in [0, 0.1) is 0 Å².